The average molecular weight is 483 g/mol. The molecule has 3 aromatic carbocycles. The van der Waals surface area contributed by atoms with Crippen molar-refractivity contribution in [2.24, 2.45) is 5.10 Å². The van der Waals surface area contributed by atoms with Gasteiger partial charge < -0.3 is 4.57 Å². The summed E-state index contributed by atoms with van der Waals surface area (Å²) < 4.78 is 3.58. The van der Waals surface area contributed by atoms with Gasteiger partial charge in [-0.1, -0.05) is 72.3 Å². The standard InChI is InChI=1S/C27H23ClN6O/c1-19-22(27(28)34(32-19)21-12-6-3-7-13-21)17-29-31-26(35)18-33-24-15-9-8-14-23(24)30-25(33)16-20-10-4-2-5-11-20/h2-15,17H,16,18H2,1H3,(H,31,35). The number of carbonyl (C=O) groups excluding carboxylic acids is 1. The molecule has 0 atom stereocenters. The first kappa shape index (κ1) is 22.6. The Morgan fingerprint density at radius 1 is 1.00 bits per heavy atom. The van der Waals surface area contributed by atoms with Crippen molar-refractivity contribution >= 4 is 34.8 Å². The third-order valence-corrected chi connectivity index (χ3v) is 6.04. The van der Waals surface area contributed by atoms with Crippen molar-refractivity contribution in [3.05, 3.63) is 113 Å². The molecule has 0 radical (unpaired) electrons. The normalized spacial score (nSPS) is 11.4. The highest BCUT2D eigenvalue weighted by Crippen LogP contribution is 2.22. The van der Waals surface area contributed by atoms with Crippen molar-refractivity contribution in [1.29, 1.82) is 0 Å². The van der Waals surface area contributed by atoms with Crippen LogP contribution < -0.4 is 5.43 Å². The van der Waals surface area contributed by atoms with Gasteiger partial charge in [0.15, 0.2) is 0 Å². The third kappa shape index (κ3) is 4.85. The zero-order valence-electron chi connectivity index (χ0n) is 19.1. The SMILES string of the molecule is Cc1nn(-c2ccccc2)c(Cl)c1C=NNC(=O)Cn1c(Cc2ccccc2)nc2ccccc21. The van der Waals surface area contributed by atoms with E-state index in [1.807, 2.05) is 84.3 Å². The van der Waals surface area contributed by atoms with Gasteiger partial charge in [0.2, 0.25) is 0 Å². The fourth-order valence-electron chi connectivity index (χ4n) is 3.96. The van der Waals surface area contributed by atoms with Crippen LogP contribution in [-0.4, -0.2) is 31.5 Å². The topological polar surface area (TPSA) is 77.1 Å². The van der Waals surface area contributed by atoms with Crippen LogP contribution in [0.5, 0.6) is 0 Å². The van der Waals surface area contributed by atoms with Gasteiger partial charge in [0.05, 0.1) is 34.2 Å². The van der Waals surface area contributed by atoms with Gasteiger partial charge in [-0.05, 0) is 36.8 Å². The molecule has 0 saturated carbocycles. The van der Waals surface area contributed by atoms with Crippen LogP contribution in [0.2, 0.25) is 5.15 Å². The van der Waals surface area contributed by atoms with Crippen LogP contribution in [0.25, 0.3) is 16.7 Å². The summed E-state index contributed by atoms with van der Waals surface area (Å²) >= 11 is 6.54. The fourth-order valence-corrected chi connectivity index (χ4v) is 4.28. The molecule has 5 aromatic rings. The van der Waals surface area contributed by atoms with E-state index in [-0.39, 0.29) is 12.5 Å². The van der Waals surface area contributed by atoms with Gasteiger partial charge in [0, 0.05) is 6.42 Å². The predicted octanol–water partition coefficient (Wildman–Crippen LogP) is 4.92. The van der Waals surface area contributed by atoms with Crippen LogP contribution in [0, 0.1) is 6.92 Å². The van der Waals surface area contributed by atoms with Gasteiger partial charge >= 0.3 is 0 Å². The van der Waals surface area contributed by atoms with Crippen molar-refractivity contribution in [2.75, 3.05) is 0 Å². The van der Waals surface area contributed by atoms with Crippen LogP contribution in [0.4, 0.5) is 0 Å². The second-order valence-corrected chi connectivity index (χ2v) is 8.45. The van der Waals surface area contributed by atoms with E-state index in [1.54, 1.807) is 4.68 Å². The summed E-state index contributed by atoms with van der Waals surface area (Å²) in [5, 5.41) is 9.07. The summed E-state index contributed by atoms with van der Waals surface area (Å²) in [5.41, 5.74) is 7.71. The quantitative estimate of drug-likeness (QED) is 0.264. The smallest absolute Gasteiger partial charge is 0.260 e. The third-order valence-electron chi connectivity index (χ3n) is 5.67. The number of nitrogens with zero attached hydrogens (tertiary/aromatic N) is 5. The molecular formula is C27H23ClN6O. The highest BCUT2D eigenvalue weighted by atomic mass is 35.5. The minimum Gasteiger partial charge on any atom is -0.318 e. The van der Waals surface area contributed by atoms with E-state index in [2.05, 4.69) is 27.8 Å². The first-order chi connectivity index (χ1) is 17.1. The van der Waals surface area contributed by atoms with E-state index < -0.39 is 0 Å². The van der Waals surface area contributed by atoms with E-state index in [4.69, 9.17) is 16.6 Å². The largest absolute Gasteiger partial charge is 0.318 e. The monoisotopic (exact) mass is 482 g/mol. The lowest BCUT2D eigenvalue weighted by Crippen LogP contribution is -2.24. The van der Waals surface area contributed by atoms with Crippen molar-refractivity contribution in [1.82, 2.24) is 24.8 Å². The summed E-state index contributed by atoms with van der Waals surface area (Å²) in [6.45, 7) is 1.94. The number of hydrazone groups is 1. The summed E-state index contributed by atoms with van der Waals surface area (Å²) in [6.07, 6.45) is 2.15. The highest BCUT2D eigenvalue weighted by molar-refractivity contribution is 6.32. The van der Waals surface area contributed by atoms with Crippen molar-refractivity contribution in [2.45, 2.75) is 19.9 Å². The summed E-state index contributed by atoms with van der Waals surface area (Å²) in [7, 11) is 0. The summed E-state index contributed by atoms with van der Waals surface area (Å²) in [6, 6.07) is 27.5. The maximum atomic E-state index is 12.8. The zero-order chi connectivity index (χ0) is 24.2. The minimum atomic E-state index is -0.261. The van der Waals surface area contributed by atoms with Crippen molar-refractivity contribution < 1.29 is 4.79 Å². The lowest BCUT2D eigenvalue weighted by Gasteiger charge is -2.08. The summed E-state index contributed by atoms with van der Waals surface area (Å²) in [5.74, 6) is 0.558. The molecule has 0 saturated heterocycles. The number of hydrogen-bond acceptors (Lipinski definition) is 4. The lowest BCUT2D eigenvalue weighted by molar-refractivity contribution is -0.121. The van der Waals surface area contributed by atoms with Crippen LogP contribution in [0.15, 0.2) is 90.0 Å². The highest BCUT2D eigenvalue weighted by Gasteiger charge is 2.15. The molecule has 0 fully saturated rings. The Morgan fingerprint density at radius 3 is 2.46 bits per heavy atom. The molecule has 0 aliphatic carbocycles. The van der Waals surface area contributed by atoms with E-state index in [0.717, 1.165) is 28.1 Å². The number of aryl methyl sites for hydroxylation is 1. The Balaban J connectivity index is 1.34. The van der Waals surface area contributed by atoms with Crippen molar-refractivity contribution in [3.63, 3.8) is 0 Å². The maximum Gasteiger partial charge on any atom is 0.260 e. The molecule has 0 aliphatic rings. The Hall–Kier alpha value is -4.23. The Morgan fingerprint density at radius 2 is 1.69 bits per heavy atom. The van der Waals surface area contributed by atoms with Crippen LogP contribution in [-0.2, 0) is 17.8 Å². The maximum absolute atomic E-state index is 12.8. The first-order valence-electron chi connectivity index (χ1n) is 11.2. The molecule has 5 rings (SSSR count). The van der Waals surface area contributed by atoms with Gasteiger partial charge in [-0.2, -0.15) is 10.2 Å². The van der Waals surface area contributed by atoms with Gasteiger partial charge in [0.25, 0.3) is 5.91 Å². The Kier molecular flexibility index (Phi) is 6.41. The number of halogens is 1. The molecular weight excluding hydrogens is 460 g/mol. The number of benzene rings is 3. The molecule has 1 amide bonds. The Labute approximate surface area is 207 Å². The molecule has 8 heteroatoms. The van der Waals surface area contributed by atoms with Crippen LogP contribution in [0.1, 0.15) is 22.6 Å². The molecule has 0 aliphatic heterocycles. The number of aromatic nitrogens is 4. The molecule has 0 spiro atoms. The molecule has 0 bridgehead atoms. The number of nitrogens with one attached hydrogen (secondary N) is 1. The number of fused-ring (bicyclic) bond motifs is 1. The number of hydrogen-bond donors (Lipinski definition) is 1. The van der Waals surface area contributed by atoms with Crippen molar-refractivity contribution in [3.8, 4) is 5.69 Å². The lowest BCUT2D eigenvalue weighted by atomic mass is 10.1. The van der Waals surface area contributed by atoms with Gasteiger partial charge in [-0.15, -0.1) is 0 Å². The second-order valence-electron chi connectivity index (χ2n) is 8.10. The number of carbonyl (C=O) groups is 1. The average Bonchev–Trinajstić information content (AvgIpc) is 3.36. The van der Waals surface area contributed by atoms with E-state index in [9.17, 15) is 4.79 Å². The summed E-state index contributed by atoms with van der Waals surface area (Å²) in [4.78, 5) is 17.6. The van der Waals surface area contributed by atoms with Crippen LogP contribution in [0.3, 0.4) is 0 Å². The van der Waals surface area contributed by atoms with Gasteiger partial charge in [-0.3, -0.25) is 4.79 Å². The molecule has 2 aromatic heterocycles. The fraction of sp³-hybridized carbons (Fsp3) is 0.111. The van der Waals surface area contributed by atoms with Gasteiger partial charge in [0.1, 0.15) is 17.5 Å². The molecule has 1 N–H and O–H groups in total. The molecule has 174 valence electrons. The molecule has 7 nitrogen and oxygen atoms in total. The van der Waals surface area contributed by atoms with Crippen LogP contribution >= 0.6 is 11.6 Å². The number of imidazole rings is 1. The van der Waals surface area contributed by atoms with E-state index in [1.165, 1.54) is 6.21 Å². The second kappa shape index (κ2) is 9.95. The molecule has 35 heavy (non-hydrogen) atoms. The number of amides is 1. The zero-order valence-corrected chi connectivity index (χ0v) is 19.9. The van der Waals surface area contributed by atoms with E-state index >= 15 is 0 Å². The predicted molar refractivity (Wildman–Crippen MR) is 138 cm³/mol. The van der Waals surface area contributed by atoms with E-state index in [0.29, 0.717) is 22.8 Å². The minimum absolute atomic E-state index is 0.0933. The molecule has 2 heterocycles. The Bertz CT molecular complexity index is 1510. The first-order valence-corrected chi connectivity index (χ1v) is 11.6. The number of para-hydroxylation sites is 3. The van der Waals surface area contributed by atoms with Gasteiger partial charge in [-0.25, -0.2) is 15.1 Å². The number of rotatable bonds is 7. The molecule has 0 unspecified atom stereocenters.